The Balaban J connectivity index is 2.81. The fourth-order valence-corrected chi connectivity index (χ4v) is 1.67. The van der Waals surface area contributed by atoms with Gasteiger partial charge in [-0.25, -0.2) is 9.18 Å². The van der Waals surface area contributed by atoms with Crippen molar-refractivity contribution in [1.82, 2.24) is 0 Å². The smallest absolute Gasteiger partial charge is 0.412 e. The van der Waals surface area contributed by atoms with Crippen LogP contribution in [0, 0.1) is 5.82 Å². The molecule has 0 fully saturated rings. The zero-order valence-corrected chi connectivity index (χ0v) is 13.0. The normalized spacial score (nSPS) is 13.7. The van der Waals surface area contributed by atoms with Gasteiger partial charge in [0.1, 0.15) is 17.5 Å². The molecule has 0 bridgehead atoms. The highest BCUT2D eigenvalue weighted by Crippen LogP contribution is 2.23. The molecular formula is C14H19FN4O4. The monoisotopic (exact) mass is 326 g/mol. The van der Waals surface area contributed by atoms with E-state index in [4.69, 9.17) is 10.3 Å². The first kappa shape index (κ1) is 18.7. The summed E-state index contributed by atoms with van der Waals surface area (Å²) in [6.45, 7) is 4.67. The number of anilines is 1. The van der Waals surface area contributed by atoms with Gasteiger partial charge < -0.3 is 14.9 Å². The number of benzene rings is 1. The average molecular weight is 326 g/mol. The maximum absolute atomic E-state index is 14.0. The number of carbonyl (C=O) groups excluding carboxylic acids is 1. The van der Waals surface area contributed by atoms with Crippen LogP contribution in [0.1, 0.15) is 32.4 Å². The summed E-state index contributed by atoms with van der Waals surface area (Å²) in [5, 5.41) is 24.8. The molecule has 1 aromatic carbocycles. The van der Waals surface area contributed by atoms with Crippen LogP contribution >= 0.6 is 0 Å². The summed E-state index contributed by atoms with van der Waals surface area (Å²) in [6, 6.07) is 3.54. The van der Waals surface area contributed by atoms with Gasteiger partial charge in [0.15, 0.2) is 0 Å². The number of aliphatic hydroxyl groups is 2. The van der Waals surface area contributed by atoms with Crippen molar-refractivity contribution in [2.45, 2.75) is 38.6 Å². The number of azide groups is 1. The molecule has 0 spiro atoms. The van der Waals surface area contributed by atoms with Crippen LogP contribution in [0.3, 0.4) is 0 Å². The van der Waals surface area contributed by atoms with Crippen LogP contribution in [0.4, 0.5) is 14.9 Å². The lowest BCUT2D eigenvalue weighted by Gasteiger charge is -2.20. The molecule has 2 unspecified atom stereocenters. The van der Waals surface area contributed by atoms with Crippen LogP contribution in [-0.4, -0.2) is 34.6 Å². The first-order valence-electron chi connectivity index (χ1n) is 6.80. The molecule has 1 amide bonds. The van der Waals surface area contributed by atoms with E-state index in [-0.39, 0.29) is 17.8 Å². The Hall–Kier alpha value is -2.35. The molecule has 9 heteroatoms. The second-order valence-electron chi connectivity index (χ2n) is 5.79. The van der Waals surface area contributed by atoms with Gasteiger partial charge in [0.25, 0.3) is 0 Å². The molecule has 0 saturated carbocycles. The van der Waals surface area contributed by atoms with Crippen LogP contribution in [0.2, 0.25) is 0 Å². The Labute approximate surface area is 132 Å². The van der Waals surface area contributed by atoms with Gasteiger partial charge in [-0.15, -0.1) is 0 Å². The molecule has 0 aromatic heterocycles. The fourth-order valence-electron chi connectivity index (χ4n) is 1.67. The minimum atomic E-state index is -1.43. The second kappa shape index (κ2) is 7.77. The van der Waals surface area contributed by atoms with Gasteiger partial charge in [-0.1, -0.05) is 11.2 Å². The molecule has 0 aliphatic carbocycles. The molecule has 0 aliphatic heterocycles. The number of amides is 1. The van der Waals surface area contributed by atoms with E-state index in [1.807, 2.05) is 0 Å². The maximum atomic E-state index is 14.0. The third-order valence-electron chi connectivity index (χ3n) is 2.67. The molecule has 2 atom stereocenters. The predicted molar refractivity (Wildman–Crippen MR) is 81.2 cm³/mol. The van der Waals surface area contributed by atoms with Gasteiger partial charge in [-0.05, 0) is 44.0 Å². The van der Waals surface area contributed by atoms with Crippen molar-refractivity contribution in [3.8, 4) is 0 Å². The number of rotatable bonds is 5. The topological polar surface area (TPSA) is 128 Å². The predicted octanol–water partition coefficient (Wildman–Crippen LogP) is 2.88. The largest absolute Gasteiger partial charge is 0.444 e. The van der Waals surface area contributed by atoms with Gasteiger partial charge in [0, 0.05) is 4.91 Å². The van der Waals surface area contributed by atoms with E-state index in [9.17, 15) is 19.4 Å². The molecule has 1 rings (SSSR count). The van der Waals surface area contributed by atoms with Crippen molar-refractivity contribution in [3.05, 3.63) is 40.0 Å². The second-order valence-corrected chi connectivity index (χ2v) is 5.79. The highest BCUT2D eigenvalue weighted by Gasteiger charge is 2.21. The summed E-state index contributed by atoms with van der Waals surface area (Å²) in [5.41, 5.74) is 7.40. The minimum Gasteiger partial charge on any atom is -0.444 e. The summed E-state index contributed by atoms with van der Waals surface area (Å²) in [4.78, 5) is 14.1. The van der Waals surface area contributed by atoms with Crippen molar-refractivity contribution in [1.29, 1.82) is 0 Å². The lowest BCUT2D eigenvalue weighted by molar-refractivity contribution is 0.0242. The number of carbonyl (C=O) groups is 1. The van der Waals surface area contributed by atoms with Gasteiger partial charge in [-0.2, -0.15) is 0 Å². The lowest BCUT2D eigenvalue weighted by Crippen LogP contribution is -2.27. The van der Waals surface area contributed by atoms with Gasteiger partial charge in [0.2, 0.25) is 0 Å². The van der Waals surface area contributed by atoms with Gasteiger partial charge in [-0.3, -0.25) is 5.32 Å². The molecule has 0 saturated heterocycles. The van der Waals surface area contributed by atoms with E-state index in [1.165, 1.54) is 12.1 Å². The number of nitrogens with one attached hydrogen (secondary N) is 1. The van der Waals surface area contributed by atoms with Crippen molar-refractivity contribution >= 4 is 11.8 Å². The lowest BCUT2D eigenvalue weighted by atomic mass is 10.0. The van der Waals surface area contributed by atoms with Gasteiger partial charge in [0.05, 0.1) is 18.3 Å². The highest BCUT2D eigenvalue weighted by molar-refractivity contribution is 5.85. The summed E-state index contributed by atoms with van der Waals surface area (Å²) in [7, 11) is 0. The van der Waals surface area contributed by atoms with Crippen LogP contribution in [0.5, 0.6) is 0 Å². The number of ether oxygens (including phenoxy) is 1. The van der Waals surface area contributed by atoms with E-state index in [2.05, 4.69) is 15.3 Å². The average Bonchev–Trinajstić information content (AvgIpc) is 2.44. The van der Waals surface area contributed by atoms with Gasteiger partial charge >= 0.3 is 6.09 Å². The first-order chi connectivity index (χ1) is 10.6. The summed E-state index contributed by atoms with van der Waals surface area (Å²) < 4.78 is 19.0. The Morgan fingerprint density at radius 3 is 2.65 bits per heavy atom. The van der Waals surface area contributed by atoms with Crippen molar-refractivity contribution in [3.63, 3.8) is 0 Å². The summed E-state index contributed by atoms with van der Waals surface area (Å²) >= 11 is 0. The number of hydrogen-bond acceptors (Lipinski definition) is 5. The van der Waals surface area contributed by atoms with Crippen molar-refractivity contribution < 1.29 is 24.1 Å². The van der Waals surface area contributed by atoms with Crippen LogP contribution in [-0.2, 0) is 4.74 Å². The van der Waals surface area contributed by atoms with E-state index < -0.39 is 29.7 Å². The van der Waals surface area contributed by atoms with Crippen molar-refractivity contribution in [2.75, 3.05) is 11.9 Å². The number of halogens is 1. The molecule has 0 heterocycles. The Morgan fingerprint density at radius 2 is 2.13 bits per heavy atom. The van der Waals surface area contributed by atoms with E-state index in [1.54, 1.807) is 20.8 Å². The molecule has 3 N–H and O–H groups in total. The molecule has 0 radical (unpaired) electrons. The number of nitrogens with zero attached hydrogens (tertiary/aromatic N) is 3. The standard InChI is InChI=1S/C14H19FN4O4/c1-14(2,3)23-13(22)18-10-5-4-8(6-9(10)15)12(21)11(20)7-17-19-16/h4-6,11-12,20-21H,7H2,1-3H3,(H,18,22). The summed E-state index contributed by atoms with van der Waals surface area (Å²) in [5.74, 6) is -0.802. The number of hydrogen-bond donors (Lipinski definition) is 3. The molecular weight excluding hydrogens is 307 g/mol. The Bertz CT molecular complexity index is 611. The van der Waals surface area contributed by atoms with Crippen LogP contribution < -0.4 is 5.32 Å². The Morgan fingerprint density at radius 1 is 1.48 bits per heavy atom. The quantitative estimate of drug-likeness (QED) is 0.436. The highest BCUT2D eigenvalue weighted by atomic mass is 19.1. The zero-order chi connectivity index (χ0) is 17.6. The molecule has 0 aliphatic rings. The number of aliphatic hydroxyl groups excluding tert-OH is 2. The molecule has 8 nitrogen and oxygen atoms in total. The molecule has 1 aromatic rings. The molecule has 126 valence electrons. The Kier molecular flexibility index (Phi) is 6.32. The molecule has 23 heavy (non-hydrogen) atoms. The third kappa shape index (κ3) is 6.11. The van der Waals surface area contributed by atoms with Crippen LogP contribution in [0.25, 0.3) is 10.4 Å². The van der Waals surface area contributed by atoms with E-state index in [0.29, 0.717) is 0 Å². The SMILES string of the molecule is CC(C)(C)OC(=O)Nc1ccc(C(O)C(O)CN=[N+]=[N-])cc1F. The van der Waals surface area contributed by atoms with Crippen LogP contribution in [0.15, 0.2) is 23.3 Å². The zero-order valence-electron chi connectivity index (χ0n) is 13.0. The minimum absolute atomic E-state index is 0.0814. The maximum Gasteiger partial charge on any atom is 0.412 e. The van der Waals surface area contributed by atoms with E-state index >= 15 is 0 Å². The van der Waals surface area contributed by atoms with Crippen molar-refractivity contribution in [2.24, 2.45) is 5.11 Å². The fraction of sp³-hybridized carbons (Fsp3) is 0.500. The third-order valence-corrected chi connectivity index (χ3v) is 2.67. The van der Waals surface area contributed by atoms with E-state index in [0.717, 1.165) is 6.07 Å². The first-order valence-corrected chi connectivity index (χ1v) is 6.80. The summed E-state index contributed by atoms with van der Waals surface area (Å²) in [6.07, 6.45) is -3.60.